The lowest BCUT2D eigenvalue weighted by atomic mass is 10.1. The van der Waals surface area contributed by atoms with E-state index in [4.69, 9.17) is 15.2 Å². The van der Waals surface area contributed by atoms with Gasteiger partial charge in [0.25, 0.3) is 0 Å². The van der Waals surface area contributed by atoms with E-state index in [0.717, 1.165) is 23.5 Å². The number of rotatable bonds is 5. The minimum absolute atomic E-state index is 0. The molecule has 0 amide bonds. The maximum Gasteiger partial charge on any atom is 0.189 e. The Morgan fingerprint density at radius 1 is 1.25 bits per heavy atom. The van der Waals surface area contributed by atoms with Crippen molar-refractivity contribution in [2.75, 3.05) is 20.3 Å². The third kappa shape index (κ3) is 4.53. The number of hydrogen-bond acceptors (Lipinski definition) is 3. The Morgan fingerprint density at radius 2 is 2.00 bits per heavy atom. The summed E-state index contributed by atoms with van der Waals surface area (Å²) >= 11 is 0. The zero-order valence-corrected chi connectivity index (χ0v) is 15.9. The van der Waals surface area contributed by atoms with Crippen LogP contribution in [0.1, 0.15) is 17.2 Å². The summed E-state index contributed by atoms with van der Waals surface area (Å²) in [5, 5.41) is 3.22. The van der Waals surface area contributed by atoms with Crippen LogP contribution in [0, 0.1) is 0 Å². The standard InChI is InChI=1S/C18H21N3O2.HI/c1-22-14-8-6-13(7-9-14)10-11-20-18(19)21-16-12-23-17-5-3-2-4-15(16)17;/h2-9,16H,10-12H2,1H3,(H3,19,20,21);1H. The molecule has 0 spiro atoms. The van der Waals surface area contributed by atoms with Crippen molar-refractivity contribution in [2.24, 2.45) is 10.7 Å². The molecule has 3 N–H and O–H groups in total. The third-order valence-corrected chi connectivity index (χ3v) is 3.86. The van der Waals surface area contributed by atoms with E-state index in [1.807, 2.05) is 48.5 Å². The monoisotopic (exact) mass is 439 g/mol. The molecule has 0 fully saturated rings. The lowest BCUT2D eigenvalue weighted by Gasteiger charge is -2.12. The summed E-state index contributed by atoms with van der Waals surface area (Å²) in [5.74, 6) is 2.22. The van der Waals surface area contributed by atoms with Gasteiger partial charge in [0.2, 0.25) is 0 Å². The molecule has 1 heterocycles. The molecule has 5 nitrogen and oxygen atoms in total. The van der Waals surface area contributed by atoms with E-state index in [0.29, 0.717) is 19.1 Å². The quantitative estimate of drug-likeness (QED) is 0.427. The first-order valence-corrected chi connectivity index (χ1v) is 7.67. The number of benzene rings is 2. The summed E-state index contributed by atoms with van der Waals surface area (Å²) in [4.78, 5) is 4.39. The molecule has 0 aliphatic carbocycles. The zero-order valence-electron chi connectivity index (χ0n) is 13.6. The molecular formula is C18H22IN3O2. The van der Waals surface area contributed by atoms with Gasteiger partial charge in [-0.3, -0.25) is 4.99 Å². The second kappa shape index (κ2) is 8.77. The smallest absolute Gasteiger partial charge is 0.189 e. The number of fused-ring (bicyclic) bond motifs is 1. The molecule has 128 valence electrons. The largest absolute Gasteiger partial charge is 0.497 e. The van der Waals surface area contributed by atoms with Crippen molar-refractivity contribution < 1.29 is 9.47 Å². The van der Waals surface area contributed by atoms with E-state index >= 15 is 0 Å². The second-order valence-electron chi connectivity index (χ2n) is 5.41. The molecule has 0 saturated heterocycles. The van der Waals surface area contributed by atoms with Gasteiger partial charge in [-0.15, -0.1) is 24.0 Å². The maximum absolute atomic E-state index is 5.98. The lowest BCUT2D eigenvalue weighted by Crippen LogP contribution is -2.36. The number of methoxy groups -OCH3 is 1. The van der Waals surface area contributed by atoms with Crippen LogP contribution in [0.15, 0.2) is 53.5 Å². The highest BCUT2D eigenvalue weighted by Crippen LogP contribution is 2.31. The van der Waals surface area contributed by atoms with Crippen molar-refractivity contribution in [3.05, 3.63) is 59.7 Å². The van der Waals surface area contributed by atoms with Crippen LogP contribution in [-0.4, -0.2) is 26.2 Å². The summed E-state index contributed by atoms with van der Waals surface area (Å²) in [5.41, 5.74) is 8.31. The van der Waals surface area contributed by atoms with E-state index in [9.17, 15) is 0 Å². The van der Waals surface area contributed by atoms with Gasteiger partial charge < -0.3 is 20.5 Å². The van der Waals surface area contributed by atoms with Gasteiger partial charge in [-0.25, -0.2) is 0 Å². The number of halogens is 1. The fourth-order valence-corrected chi connectivity index (χ4v) is 2.60. The molecule has 1 aliphatic rings. The predicted octanol–water partition coefficient (Wildman–Crippen LogP) is 2.89. The molecular weight excluding hydrogens is 417 g/mol. The second-order valence-corrected chi connectivity index (χ2v) is 5.41. The fraction of sp³-hybridized carbons (Fsp3) is 0.278. The molecule has 0 aromatic heterocycles. The van der Waals surface area contributed by atoms with E-state index in [2.05, 4.69) is 10.3 Å². The van der Waals surface area contributed by atoms with Crippen LogP contribution in [0.5, 0.6) is 11.5 Å². The Balaban J connectivity index is 0.00000208. The van der Waals surface area contributed by atoms with Gasteiger partial charge in [-0.1, -0.05) is 30.3 Å². The van der Waals surface area contributed by atoms with Crippen LogP contribution >= 0.6 is 24.0 Å². The number of ether oxygens (including phenoxy) is 2. The van der Waals surface area contributed by atoms with Crippen molar-refractivity contribution in [2.45, 2.75) is 12.5 Å². The number of para-hydroxylation sites is 1. The highest BCUT2D eigenvalue weighted by molar-refractivity contribution is 14.0. The molecule has 0 radical (unpaired) electrons. The average Bonchev–Trinajstić information content (AvgIpc) is 2.99. The molecule has 1 atom stereocenters. The summed E-state index contributed by atoms with van der Waals surface area (Å²) in [6, 6.07) is 16.0. The van der Waals surface area contributed by atoms with Crippen molar-refractivity contribution in [3.63, 3.8) is 0 Å². The topological polar surface area (TPSA) is 68.9 Å². The maximum atomic E-state index is 5.98. The minimum Gasteiger partial charge on any atom is -0.497 e. The summed E-state index contributed by atoms with van der Waals surface area (Å²) < 4.78 is 10.8. The van der Waals surface area contributed by atoms with Gasteiger partial charge in [-0.2, -0.15) is 0 Å². The number of nitrogens with one attached hydrogen (secondary N) is 1. The average molecular weight is 439 g/mol. The van der Waals surface area contributed by atoms with Crippen LogP contribution in [0.3, 0.4) is 0 Å². The zero-order chi connectivity index (χ0) is 16.1. The van der Waals surface area contributed by atoms with Crippen LogP contribution < -0.4 is 20.5 Å². The molecule has 6 heteroatoms. The number of aliphatic imine (C=N–C) groups is 1. The van der Waals surface area contributed by atoms with Gasteiger partial charge in [0, 0.05) is 12.1 Å². The van der Waals surface area contributed by atoms with Crippen LogP contribution in [0.25, 0.3) is 0 Å². The molecule has 2 aromatic rings. The Hall–Kier alpha value is -1.96. The van der Waals surface area contributed by atoms with Crippen molar-refractivity contribution >= 4 is 29.9 Å². The van der Waals surface area contributed by atoms with Crippen LogP contribution in [0.4, 0.5) is 0 Å². The highest BCUT2D eigenvalue weighted by Gasteiger charge is 2.23. The van der Waals surface area contributed by atoms with E-state index < -0.39 is 0 Å². The Kier molecular flexibility index (Phi) is 6.72. The third-order valence-electron chi connectivity index (χ3n) is 3.86. The van der Waals surface area contributed by atoms with E-state index in [-0.39, 0.29) is 30.0 Å². The minimum atomic E-state index is 0. The van der Waals surface area contributed by atoms with Gasteiger partial charge in [0.1, 0.15) is 18.1 Å². The van der Waals surface area contributed by atoms with Crippen molar-refractivity contribution in [1.29, 1.82) is 0 Å². The Labute approximate surface area is 159 Å². The lowest BCUT2D eigenvalue weighted by molar-refractivity contribution is 0.324. The van der Waals surface area contributed by atoms with Gasteiger partial charge in [0.15, 0.2) is 5.96 Å². The fourth-order valence-electron chi connectivity index (χ4n) is 2.60. The number of guanidine groups is 1. The molecule has 2 aromatic carbocycles. The van der Waals surface area contributed by atoms with E-state index in [1.54, 1.807) is 7.11 Å². The first-order valence-electron chi connectivity index (χ1n) is 7.67. The van der Waals surface area contributed by atoms with Crippen LogP contribution in [0.2, 0.25) is 0 Å². The SMILES string of the molecule is COc1ccc(CCN=C(N)NC2COc3ccccc32)cc1.I. The summed E-state index contributed by atoms with van der Waals surface area (Å²) in [6.07, 6.45) is 0.837. The molecule has 0 bridgehead atoms. The first-order chi connectivity index (χ1) is 11.3. The summed E-state index contributed by atoms with van der Waals surface area (Å²) in [6.45, 7) is 1.22. The predicted molar refractivity (Wildman–Crippen MR) is 106 cm³/mol. The Bertz CT molecular complexity index is 689. The molecule has 1 aliphatic heterocycles. The molecule has 0 saturated carbocycles. The number of nitrogens with two attached hydrogens (primary N) is 1. The molecule has 1 unspecified atom stereocenters. The number of nitrogens with zero attached hydrogens (tertiary/aromatic N) is 1. The van der Waals surface area contributed by atoms with Crippen LogP contribution in [-0.2, 0) is 6.42 Å². The van der Waals surface area contributed by atoms with Crippen molar-refractivity contribution in [1.82, 2.24) is 5.32 Å². The summed E-state index contributed by atoms with van der Waals surface area (Å²) in [7, 11) is 1.66. The van der Waals surface area contributed by atoms with Gasteiger partial charge >= 0.3 is 0 Å². The van der Waals surface area contributed by atoms with Gasteiger partial charge in [-0.05, 0) is 30.2 Å². The first kappa shape index (κ1) is 18.4. The molecule has 3 rings (SSSR count). The molecule has 24 heavy (non-hydrogen) atoms. The van der Waals surface area contributed by atoms with E-state index in [1.165, 1.54) is 5.56 Å². The Morgan fingerprint density at radius 3 is 2.75 bits per heavy atom. The number of hydrogen-bond donors (Lipinski definition) is 2. The highest BCUT2D eigenvalue weighted by atomic mass is 127. The van der Waals surface area contributed by atoms with Crippen molar-refractivity contribution in [3.8, 4) is 11.5 Å². The normalized spacial score (nSPS) is 15.9. The van der Waals surface area contributed by atoms with Gasteiger partial charge in [0.05, 0.1) is 13.2 Å².